The van der Waals surface area contributed by atoms with Crippen molar-refractivity contribution in [3.05, 3.63) is 41.6 Å². The van der Waals surface area contributed by atoms with Crippen molar-refractivity contribution in [2.24, 2.45) is 0 Å². The Balaban J connectivity index is 1.84. The van der Waals surface area contributed by atoms with E-state index in [0.29, 0.717) is 6.54 Å². The highest BCUT2D eigenvalue weighted by molar-refractivity contribution is 5.44. The van der Waals surface area contributed by atoms with Crippen LogP contribution in [-0.4, -0.2) is 55.7 Å². The Hall–Kier alpha value is -2.55. The van der Waals surface area contributed by atoms with Gasteiger partial charge in [0.05, 0.1) is 13.2 Å². The minimum atomic E-state index is -4.53. The zero-order chi connectivity index (χ0) is 21.0. The number of alkyl halides is 3. The van der Waals surface area contributed by atoms with Crippen molar-refractivity contribution in [2.75, 3.05) is 51.1 Å². The standard InChI is InChI=1S/C20H26F3N5O/c1-27(2)18-12-17(20(21,22)23)25-19(26-18)24-13-16(28-10-4-5-11-28)14-6-8-15(29-3)9-7-14/h6-9,12,16H,4-5,10-11,13H2,1-3H3,(H,24,25,26). The average molecular weight is 409 g/mol. The first kappa shape index (κ1) is 21.2. The molecule has 158 valence electrons. The molecule has 1 N–H and O–H groups in total. The number of benzene rings is 1. The number of methoxy groups -OCH3 is 1. The number of rotatable bonds is 7. The van der Waals surface area contributed by atoms with Gasteiger partial charge in [-0.25, -0.2) is 4.98 Å². The maximum Gasteiger partial charge on any atom is 0.433 e. The third kappa shape index (κ3) is 5.29. The van der Waals surface area contributed by atoms with Crippen LogP contribution in [-0.2, 0) is 6.18 Å². The van der Waals surface area contributed by atoms with E-state index in [2.05, 4.69) is 20.2 Å². The molecule has 1 saturated heterocycles. The number of nitrogens with zero attached hydrogens (tertiary/aromatic N) is 4. The lowest BCUT2D eigenvalue weighted by atomic mass is 10.1. The second kappa shape index (κ2) is 8.86. The third-order valence-electron chi connectivity index (χ3n) is 5.00. The maximum atomic E-state index is 13.2. The van der Waals surface area contributed by atoms with Crippen LogP contribution in [0.3, 0.4) is 0 Å². The molecule has 1 atom stereocenters. The fraction of sp³-hybridized carbons (Fsp3) is 0.500. The van der Waals surface area contributed by atoms with Crippen LogP contribution in [0, 0.1) is 0 Å². The Labute approximate surface area is 168 Å². The van der Waals surface area contributed by atoms with Crippen LogP contribution < -0.4 is 15.0 Å². The van der Waals surface area contributed by atoms with Gasteiger partial charge in [-0.05, 0) is 43.6 Å². The lowest BCUT2D eigenvalue weighted by molar-refractivity contribution is -0.141. The smallest absolute Gasteiger partial charge is 0.433 e. The highest BCUT2D eigenvalue weighted by atomic mass is 19.4. The van der Waals surface area contributed by atoms with Gasteiger partial charge in [0.2, 0.25) is 5.95 Å². The molecule has 1 aliphatic rings. The molecule has 1 unspecified atom stereocenters. The zero-order valence-electron chi connectivity index (χ0n) is 16.8. The summed E-state index contributed by atoms with van der Waals surface area (Å²) < 4.78 is 44.9. The van der Waals surface area contributed by atoms with Gasteiger partial charge in [-0.15, -0.1) is 0 Å². The van der Waals surface area contributed by atoms with E-state index in [0.717, 1.165) is 43.3 Å². The first-order valence-corrected chi connectivity index (χ1v) is 9.53. The van der Waals surface area contributed by atoms with Gasteiger partial charge in [0, 0.05) is 26.7 Å². The van der Waals surface area contributed by atoms with Crippen LogP contribution in [0.15, 0.2) is 30.3 Å². The fourth-order valence-corrected chi connectivity index (χ4v) is 3.41. The second-order valence-corrected chi connectivity index (χ2v) is 7.24. The van der Waals surface area contributed by atoms with E-state index < -0.39 is 11.9 Å². The summed E-state index contributed by atoms with van der Waals surface area (Å²) in [6, 6.07) is 8.72. The molecule has 3 rings (SSSR count). The summed E-state index contributed by atoms with van der Waals surface area (Å²) >= 11 is 0. The molecule has 0 bridgehead atoms. The number of hydrogen-bond donors (Lipinski definition) is 1. The Morgan fingerprint density at radius 2 is 1.79 bits per heavy atom. The predicted octanol–water partition coefficient (Wildman–Crippen LogP) is 3.82. The van der Waals surface area contributed by atoms with Gasteiger partial charge >= 0.3 is 6.18 Å². The van der Waals surface area contributed by atoms with Crippen LogP contribution in [0.5, 0.6) is 5.75 Å². The van der Waals surface area contributed by atoms with Gasteiger partial charge in [0.25, 0.3) is 0 Å². The molecule has 6 nitrogen and oxygen atoms in total. The van der Waals surface area contributed by atoms with E-state index in [1.807, 2.05) is 24.3 Å². The SMILES string of the molecule is COc1ccc(C(CNc2nc(N(C)C)cc(C(F)(F)F)n2)N2CCCC2)cc1. The Bertz CT molecular complexity index is 805. The summed E-state index contributed by atoms with van der Waals surface area (Å²) in [5.74, 6) is 0.942. The molecule has 1 aliphatic heterocycles. The first-order valence-electron chi connectivity index (χ1n) is 9.53. The minimum absolute atomic E-state index is 0.00403. The van der Waals surface area contributed by atoms with Crippen LogP contribution in [0.25, 0.3) is 0 Å². The third-order valence-corrected chi connectivity index (χ3v) is 5.00. The predicted molar refractivity (Wildman–Crippen MR) is 106 cm³/mol. The molecular weight excluding hydrogens is 383 g/mol. The molecule has 0 spiro atoms. The normalized spacial score (nSPS) is 15.9. The Morgan fingerprint density at radius 1 is 1.14 bits per heavy atom. The molecular formula is C20H26F3N5O. The molecule has 0 saturated carbocycles. The quantitative estimate of drug-likeness (QED) is 0.750. The van der Waals surface area contributed by atoms with Gasteiger partial charge in [-0.1, -0.05) is 12.1 Å². The van der Waals surface area contributed by atoms with E-state index in [1.54, 1.807) is 21.2 Å². The van der Waals surface area contributed by atoms with Crippen molar-refractivity contribution in [3.8, 4) is 5.75 Å². The molecule has 2 heterocycles. The van der Waals surface area contributed by atoms with Gasteiger partial charge in [-0.2, -0.15) is 18.2 Å². The number of ether oxygens (including phenoxy) is 1. The monoisotopic (exact) mass is 409 g/mol. The van der Waals surface area contributed by atoms with Gasteiger partial charge in [0.1, 0.15) is 11.6 Å². The Kier molecular flexibility index (Phi) is 6.46. The van der Waals surface area contributed by atoms with Crippen molar-refractivity contribution in [1.82, 2.24) is 14.9 Å². The number of nitrogens with one attached hydrogen (secondary N) is 1. The molecule has 2 aromatic rings. The summed E-state index contributed by atoms with van der Waals surface area (Å²) in [5, 5.41) is 3.03. The lowest BCUT2D eigenvalue weighted by Crippen LogP contribution is -2.31. The number of aromatic nitrogens is 2. The average Bonchev–Trinajstić information content (AvgIpc) is 3.22. The molecule has 1 aromatic heterocycles. The largest absolute Gasteiger partial charge is 0.497 e. The summed E-state index contributed by atoms with van der Waals surface area (Å²) in [6.07, 6.45) is -2.32. The van der Waals surface area contributed by atoms with Crippen LogP contribution >= 0.6 is 0 Å². The topological polar surface area (TPSA) is 53.5 Å². The van der Waals surface area contributed by atoms with Crippen molar-refractivity contribution in [2.45, 2.75) is 25.1 Å². The molecule has 0 radical (unpaired) electrons. The molecule has 0 amide bonds. The number of anilines is 2. The van der Waals surface area contributed by atoms with Crippen LogP contribution in [0.4, 0.5) is 24.9 Å². The lowest BCUT2D eigenvalue weighted by Gasteiger charge is -2.28. The van der Waals surface area contributed by atoms with Gasteiger partial charge in [0.15, 0.2) is 5.69 Å². The van der Waals surface area contributed by atoms with E-state index in [-0.39, 0.29) is 17.8 Å². The Morgan fingerprint density at radius 3 is 2.34 bits per heavy atom. The van der Waals surface area contributed by atoms with Crippen molar-refractivity contribution >= 4 is 11.8 Å². The van der Waals surface area contributed by atoms with Crippen molar-refractivity contribution in [1.29, 1.82) is 0 Å². The zero-order valence-corrected chi connectivity index (χ0v) is 16.8. The summed E-state index contributed by atoms with van der Waals surface area (Å²) in [5.41, 5.74) is 0.112. The molecule has 0 aliphatic carbocycles. The molecule has 1 fully saturated rings. The summed E-state index contributed by atoms with van der Waals surface area (Å²) in [4.78, 5) is 11.8. The minimum Gasteiger partial charge on any atom is -0.497 e. The van der Waals surface area contributed by atoms with E-state index in [1.165, 1.54) is 4.90 Å². The summed E-state index contributed by atoms with van der Waals surface area (Å²) in [7, 11) is 4.91. The van der Waals surface area contributed by atoms with E-state index in [4.69, 9.17) is 4.74 Å². The summed E-state index contributed by atoms with van der Waals surface area (Å²) in [6.45, 7) is 2.30. The highest BCUT2D eigenvalue weighted by Crippen LogP contribution is 2.31. The number of likely N-dealkylation sites (tertiary alicyclic amines) is 1. The molecule has 29 heavy (non-hydrogen) atoms. The van der Waals surface area contributed by atoms with Crippen molar-refractivity contribution in [3.63, 3.8) is 0 Å². The number of halogens is 3. The maximum absolute atomic E-state index is 13.2. The van der Waals surface area contributed by atoms with Gasteiger partial charge in [-0.3, -0.25) is 4.90 Å². The molecule has 9 heteroatoms. The first-order chi connectivity index (χ1) is 13.8. The van der Waals surface area contributed by atoms with Crippen LogP contribution in [0.1, 0.15) is 30.1 Å². The van der Waals surface area contributed by atoms with Crippen LogP contribution in [0.2, 0.25) is 0 Å². The second-order valence-electron chi connectivity index (χ2n) is 7.24. The van der Waals surface area contributed by atoms with E-state index in [9.17, 15) is 13.2 Å². The molecule has 1 aromatic carbocycles. The number of hydrogen-bond acceptors (Lipinski definition) is 6. The van der Waals surface area contributed by atoms with Gasteiger partial charge < -0.3 is 15.0 Å². The fourth-order valence-electron chi connectivity index (χ4n) is 3.41. The van der Waals surface area contributed by atoms with Crippen molar-refractivity contribution < 1.29 is 17.9 Å². The van der Waals surface area contributed by atoms with E-state index >= 15 is 0 Å². The highest BCUT2D eigenvalue weighted by Gasteiger charge is 2.34.